The molecule has 0 unspecified atom stereocenters. The molecule has 0 aromatic heterocycles. The van der Waals surface area contributed by atoms with Gasteiger partial charge in [0.15, 0.2) is 17.9 Å². The number of carbonyl (C=O) groups is 1. The summed E-state index contributed by atoms with van der Waals surface area (Å²) in [7, 11) is 0. The van der Waals surface area contributed by atoms with Gasteiger partial charge in [-0.05, 0) is 41.8 Å². The van der Waals surface area contributed by atoms with Gasteiger partial charge < -0.3 is 4.74 Å². The van der Waals surface area contributed by atoms with Crippen molar-refractivity contribution < 1.29 is 18.3 Å². The quantitative estimate of drug-likeness (QED) is 0.764. The fourth-order valence-corrected chi connectivity index (χ4v) is 1.81. The summed E-state index contributed by atoms with van der Waals surface area (Å²) in [5.74, 6) is -0.930. The van der Waals surface area contributed by atoms with Crippen molar-refractivity contribution >= 4 is 6.29 Å². The number of aldehydes is 1. The minimum absolute atomic E-state index is 0.0166. The third kappa shape index (κ3) is 3.02. The van der Waals surface area contributed by atoms with Crippen LogP contribution in [-0.2, 0) is 0 Å². The molecule has 0 heterocycles. The average Bonchev–Trinajstić information content (AvgIpc) is 2.46. The minimum Gasteiger partial charge on any atom is -0.491 e. The van der Waals surface area contributed by atoms with Crippen molar-refractivity contribution in [2.24, 2.45) is 0 Å². The fraction of sp³-hybridized carbons (Fsp3) is 0.188. The second-order valence-electron chi connectivity index (χ2n) is 4.35. The standard InChI is InChI=1S/C16H14F2O2/c1-2-7-20-16-6-5-12(9-15(16)18)11-3-4-13(10-19)14(17)8-11/h3-6,8-10H,2,7H2,1H3. The monoisotopic (exact) mass is 276 g/mol. The van der Waals surface area contributed by atoms with Gasteiger partial charge in [0.2, 0.25) is 0 Å². The Morgan fingerprint density at radius 3 is 2.25 bits per heavy atom. The van der Waals surface area contributed by atoms with Gasteiger partial charge in [0.1, 0.15) is 5.82 Å². The molecule has 2 aromatic carbocycles. The molecule has 20 heavy (non-hydrogen) atoms. The molecule has 0 bridgehead atoms. The highest BCUT2D eigenvalue weighted by Crippen LogP contribution is 2.26. The molecule has 0 amide bonds. The lowest BCUT2D eigenvalue weighted by molar-refractivity contribution is 0.112. The number of ether oxygens (including phenoxy) is 1. The smallest absolute Gasteiger partial charge is 0.165 e. The lowest BCUT2D eigenvalue weighted by atomic mass is 10.0. The van der Waals surface area contributed by atoms with Crippen LogP contribution in [0.1, 0.15) is 23.7 Å². The normalized spacial score (nSPS) is 10.3. The molecule has 0 radical (unpaired) electrons. The minimum atomic E-state index is -0.621. The van der Waals surface area contributed by atoms with E-state index in [1.54, 1.807) is 12.1 Å². The molecule has 0 fully saturated rings. The van der Waals surface area contributed by atoms with Crippen LogP contribution in [0.5, 0.6) is 5.75 Å². The number of carbonyl (C=O) groups excluding carboxylic acids is 1. The summed E-state index contributed by atoms with van der Waals surface area (Å²) >= 11 is 0. The van der Waals surface area contributed by atoms with Crippen LogP contribution in [0.4, 0.5) is 8.78 Å². The van der Waals surface area contributed by atoms with Crippen molar-refractivity contribution in [1.29, 1.82) is 0 Å². The molecule has 2 nitrogen and oxygen atoms in total. The van der Waals surface area contributed by atoms with Crippen molar-refractivity contribution in [1.82, 2.24) is 0 Å². The molecular weight excluding hydrogens is 262 g/mol. The molecule has 0 saturated heterocycles. The molecule has 0 aliphatic rings. The summed E-state index contributed by atoms with van der Waals surface area (Å²) in [5.41, 5.74) is 1.02. The molecule has 0 N–H and O–H groups in total. The number of hydrogen-bond donors (Lipinski definition) is 0. The van der Waals surface area contributed by atoms with Gasteiger partial charge >= 0.3 is 0 Å². The van der Waals surface area contributed by atoms with Crippen molar-refractivity contribution in [2.75, 3.05) is 6.61 Å². The van der Waals surface area contributed by atoms with E-state index in [1.165, 1.54) is 24.3 Å². The first-order chi connectivity index (χ1) is 9.65. The molecule has 0 atom stereocenters. The molecule has 0 aliphatic carbocycles. The SMILES string of the molecule is CCCOc1ccc(-c2ccc(C=O)c(F)c2)cc1F. The van der Waals surface area contributed by atoms with E-state index in [0.29, 0.717) is 24.0 Å². The van der Waals surface area contributed by atoms with E-state index in [2.05, 4.69) is 0 Å². The highest BCUT2D eigenvalue weighted by Gasteiger charge is 2.08. The van der Waals surface area contributed by atoms with E-state index in [-0.39, 0.29) is 11.3 Å². The van der Waals surface area contributed by atoms with Crippen molar-refractivity contribution in [2.45, 2.75) is 13.3 Å². The van der Waals surface area contributed by atoms with Gasteiger partial charge in [0.25, 0.3) is 0 Å². The Labute approximate surface area is 116 Å². The van der Waals surface area contributed by atoms with Crippen molar-refractivity contribution in [3.05, 3.63) is 53.6 Å². The first-order valence-corrected chi connectivity index (χ1v) is 6.33. The molecule has 0 saturated carbocycles. The van der Waals surface area contributed by atoms with Crippen molar-refractivity contribution in [3.63, 3.8) is 0 Å². The van der Waals surface area contributed by atoms with E-state index in [0.717, 1.165) is 6.42 Å². The van der Waals surface area contributed by atoms with E-state index in [1.807, 2.05) is 6.92 Å². The van der Waals surface area contributed by atoms with Crippen LogP contribution >= 0.6 is 0 Å². The Balaban J connectivity index is 2.31. The summed E-state index contributed by atoms with van der Waals surface area (Å²) < 4.78 is 32.6. The van der Waals surface area contributed by atoms with Crippen LogP contribution in [0.15, 0.2) is 36.4 Å². The summed E-state index contributed by atoms with van der Waals surface area (Å²) in [4.78, 5) is 10.6. The first kappa shape index (κ1) is 14.2. The Morgan fingerprint density at radius 2 is 1.70 bits per heavy atom. The van der Waals surface area contributed by atoms with Crippen LogP contribution < -0.4 is 4.74 Å². The molecule has 104 valence electrons. The van der Waals surface area contributed by atoms with Crippen LogP contribution in [0.3, 0.4) is 0 Å². The molecule has 0 aliphatic heterocycles. The zero-order valence-electron chi connectivity index (χ0n) is 11.0. The van der Waals surface area contributed by atoms with Gasteiger partial charge in [-0.1, -0.05) is 19.1 Å². The second-order valence-corrected chi connectivity index (χ2v) is 4.35. The topological polar surface area (TPSA) is 26.3 Å². The van der Waals surface area contributed by atoms with E-state index in [9.17, 15) is 13.6 Å². The Morgan fingerprint density at radius 1 is 1.05 bits per heavy atom. The first-order valence-electron chi connectivity index (χ1n) is 6.33. The second kappa shape index (κ2) is 6.28. The maximum atomic E-state index is 13.8. The molecule has 4 heteroatoms. The van der Waals surface area contributed by atoms with E-state index < -0.39 is 11.6 Å². The lowest BCUT2D eigenvalue weighted by Crippen LogP contribution is -1.97. The maximum absolute atomic E-state index is 13.8. The summed E-state index contributed by atoms with van der Waals surface area (Å²) in [6.07, 6.45) is 1.24. The highest BCUT2D eigenvalue weighted by molar-refractivity contribution is 5.77. The third-order valence-corrected chi connectivity index (χ3v) is 2.85. The van der Waals surface area contributed by atoms with Crippen LogP contribution in [0, 0.1) is 11.6 Å². The van der Waals surface area contributed by atoms with Crippen molar-refractivity contribution in [3.8, 4) is 16.9 Å². The van der Waals surface area contributed by atoms with Crippen LogP contribution in [0.2, 0.25) is 0 Å². The molecule has 0 spiro atoms. The number of halogens is 2. The van der Waals surface area contributed by atoms with Gasteiger partial charge in [0, 0.05) is 0 Å². The van der Waals surface area contributed by atoms with Gasteiger partial charge in [0.05, 0.1) is 12.2 Å². The third-order valence-electron chi connectivity index (χ3n) is 2.85. The predicted molar refractivity (Wildman–Crippen MR) is 73.0 cm³/mol. The van der Waals surface area contributed by atoms with Gasteiger partial charge in [-0.3, -0.25) is 4.79 Å². The maximum Gasteiger partial charge on any atom is 0.165 e. The number of hydrogen-bond acceptors (Lipinski definition) is 2. The Bertz CT molecular complexity index is 624. The number of benzene rings is 2. The Kier molecular flexibility index (Phi) is 4.45. The molecular formula is C16H14F2O2. The largest absolute Gasteiger partial charge is 0.491 e. The average molecular weight is 276 g/mol. The summed E-state index contributed by atoms with van der Waals surface area (Å²) in [6.45, 7) is 2.38. The summed E-state index contributed by atoms with van der Waals surface area (Å²) in [5, 5.41) is 0. The van der Waals surface area contributed by atoms with Crippen LogP contribution in [-0.4, -0.2) is 12.9 Å². The zero-order chi connectivity index (χ0) is 14.5. The van der Waals surface area contributed by atoms with Gasteiger partial charge in [-0.15, -0.1) is 0 Å². The molecule has 2 aromatic rings. The van der Waals surface area contributed by atoms with Gasteiger partial charge in [-0.25, -0.2) is 8.78 Å². The molecule has 2 rings (SSSR count). The Hall–Kier alpha value is -2.23. The number of rotatable bonds is 5. The van der Waals surface area contributed by atoms with Crippen LogP contribution in [0.25, 0.3) is 11.1 Å². The fourth-order valence-electron chi connectivity index (χ4n) is 1.81. The zero-order valence-corrected chi connectivity index (χ0v) is 11.0. The van der Waals surface area contributed by atoms with Gasteiger partial charge in [-0.2, -0.15) is 0 Å². The van der Waals surface area contributed by atoms with E-state index in [4.69, 9.17) is 4.74 Å². The predicted octanol–water partition coefficient (Wildman–Crippen LogP) is 4.23. The highest BCUT2D eigenvalue weighted by atomic mass is 19.1. The lowest BCUT2D eigenvalue weighted by Gasteiger charge is -2.08. The summed E-state index contributed by atoms with van der Waals surface area (Å²) in [6, 6.07) is 8.63. The van der Waals surface area contributed by atoms with E-state index >= 15 is 0 Å².